The molecular weight excluding hydrogens is 282 g/mol. The third-order valence-corrected chi connectivity index (χ3v) is 4.71. The Kier molecular flexibility index (Phi) is 4.37. The van der Waals surface area contributed by atoms with Crippen molar-refractivity contribution in [1.29, 1.82) is 0 Å². The molecule has 0 spiro atoms. The predicted molar refractivity (Wildman–Crippen MR) is 97.2 cm³/mol. The zero-order valence-electron chi connectivity index (χ0n) is 14.5. The maximum Gasteiger partial charge on any atom is 0.160 e. The molecule has 3 aromatic rings. The van der Waals surface area contributed by atoms with E-state index in [4.69, 9.17) is 4.98 Å². The summed E-state index contributed by atoms with van der Waals surface area (Å²) in [4.78, 5) is 4.71. The third-order valence-electron chi connectivity index (χ3n) is 4.71. The Morgan fingerprint density at radius 3 is 2.35 bits per heavy atom. The molecule has 0 unspecified atom stereocenters. The first-order valence-electron chi connectivity index (χ1n) is 8.43. The molecule has 3 nitrogen and oxygen atoms in total. The van der Waals surface area contributed by atoms with Crippen LogP contribution in [-0.4, -0.2) is 9.38 Å². The topological polar surface area (TPSA) is 29.3 Å². The highest BCUT2D eigenvalue weighted by Gasteiger charge is 2.10. The number of benzene rings is 1. The van der Waals surface area contributed by atoms with E-state index < -0.39 is 0 Å². The number of anilines is 1. The fourth-order valence-electron chi connectivity index (χ4n) is 3.20. The minimum absolute atomic E-state index is 0.845. The molecule has 2 heterocycles. The normalized spacial score (nSPS) is 11.1. The van der Waals surface area contributed by atoms with Gasteiger partial charge < -0.3 is 9.72 Å². The minimum atomic E-state index is 0.845. The van der Waals surface area contributed by atoms with Gasteiger partial charge in [0, 0.05) is 18.4 Å². The van der Waals surface area contributed by atoms with Gasteiger partial charge in [-0.15, -0.1) is 0 Å². The number of pyridine rings is 1. The van der Waals surface area contributed by atoms with Crippen LogP contribution in [0.1, 0.15) is 41.9 Å². The Balaban J connectivity index is 1.94. The highest BCUT2D eigenvalue weighted by atomic mass is 15.0. The average Bonchev–Trinajstić information content (AvgIpc) is 2.88. The van der Waals surface area contributed by atoms with Crippen LogP contribution in [0.15, 0.2) is 36.5 Å². The van der Waals surface area contributed by atoms with Crippen molar-refractivity contribution >= 4 is 11.3 Å². The number of aryl methyl sites for hydroxylation is 4. The smallest absolute Gasteiger partial charge is 0.160 e. The molecule has 0 fully saturated rings. The van der Waals surface area contributed by atoms with Crippen LogP contribution in [0.5, 0.6) is 0 Å². The van der Waals surface area contributed by atoms with Crippen LogP contribution >= 0.6 is 0 Å². The van der Waals surface area contributed by atoms with Gasteiger partial charge in [-0.3, -0.25) is 0 Å². The van der Waals surface area contributed by atoms with Gasteiger partial charge in [0.2, 0.25) is 0 Å². The molecule has 3 heteroatoms. The second-order valence-corrected chi connectivity index (χ2v) is 6.01. The fourth-order valence-corrected chi connectivity index (χ4v) is 3.20. The van der Waals surface area contributed by atoms with Crippen LogP contribution in [0.25, 0.3) is 5.65 Å². The van der Waals surface area contributed by atoms with Crippen molar-refractivity contribution in [3.63, 3.8) is 0 Å². The molecule has 0 saturated carbocycles. The van der Waals surface area contributed by atoms with Crippen molar-refractivity contribution in [3.8, 4) is 0 Å². The second-order valence-electron chi connectivity index (χ2n) is 6.01. The Bertz CT molecular complexity index is 808. The number of rotatable bonds is 5. The standard InChI is InChI=1S/C20H25N3/c1-5-16-9-7-10-17(6-2)18(16)13-21-19-11-8-12-23-15(4)14(3)22-20(19)23/h7-12,21H,5-6,13H2,1-4H3. The minimum Gasteiger partial charge on any atom is -0.378 e. The summed E-state index contributed by atoms with van der Waals surface area (Å²) in [6.45, 7) is 9.47. The molecule has 3 rings (SSSR count). The molecule has 120 valence electrons. The summed E-state index contributed by atoms with van der Waals surface area (Å²) in [5, 5.41) is 3.61. The highest BCUT2D eigenvalue weighted by Crippen LogP contribution is 2.22. The molecule has 1 aromatic carbocycles. The molecule has 2 aromatic heterocycles. The molecule has 0 aliphatic rings. The van der Waals surface area contributed by atoms with Crippen LogP contribution in [0.4, 0.5) is 5.69 Å². The molecule has 0 saturated heterocycles. The largest absolute Gasteiger partial charge is 0.378 e. The zero-order valence-corrected chi connectivity index (χ0v) is 14.5. The monoisotopic (exact) mass is 307 g/mol. The van der Waals surface area contributed by atoms with Crippen molar-refractivity contribution in [3.05, 3.63) is 64.6 Å². The summed E-state index contributed by atoms with van der Waals surface area (Å²) >= 11 is 0. The lowest BCUT2D eigenvalue weighted by Gasteiger charge is -2.15. The molecule has 1 N–H and O–H groups in total. The van der Waals surface area contributed by atoms with Crippen molar-refractivity contribution in [2.24, 2.45) is 0 Å². The van der Waals surface area contributed by atoms with Crippen LogP contribution in [-0.2, 0) is 19.4 Å². The number of nitrogens with zero attached hydrogens (tertiary/aromatic N) is 2. The van der Waals surface area contributed by atoms with Gasteiger partial charge >= 0.3 is 0 Å². The fraction of sp³-hybridized carbons (Fsp3) is 0.350. The van der Waals surface area contributed by atoms with Crippen molar-refractivity contribution in [1.82, 2.24) is 9.38 Å². The lowest BCUT2D eigenvalue weighted by molar-refractivity contribution is 0.985. The maximum absolute atomic E-state index is 4.71. The Hall–Kier alpha value is -2.29. The van der Waals surface area contributed by atoms with Gasteiger partial charge in [0.15, 0.2) is 5.65 Å². The number of hydrogen-bond acceptors (Lipinski definition) is 2. The maximum atomic E-state index is 4.71. The van der Waals surface area contributed by atoms with E-state index in [9.17, 15) is 0 Å². The van der Waals surface area contributed by atoms with Crippen molar-refractivity contribution < 1.29 is 0 Å². The Morgan fingerprint density at radius 2 is 1.70 bits per heavy atom. The van der Waals surface area contributed by atoms with Crippen LogP contribution in [0, 0.1) is 13.8 Å². The summed E-state index contributed by atoms with van der Waals surface area (Å²) in [6.07, 6.45) is 4.21. The van der Waals surface area contributed by atoms with E-state index in [1.165, 1.54) is 22.4 Å². The van der Waals surface area contributed by atoms with Crippen LogP contribution < -0.4 is 5.32 Å². The van der Waals surface area contributed by atoms with E-state index in [0.717, 1.165) is 36.4 Å². The van der Waals surface area contributed by atoms with E-state index in [1.807, 2.05) is 0 Å². The lowest BCUT2D eigenvalue weighted by atomic mass is 9.97. The van der Waals surface area contributed by atoms with Crippen molar-refractivity contribution in [2.75, 3.05) is 5.32 Å². The van der Waals surface area contributed by atoms with E-state index >= 15 is 0 Å². The summed E-state index contributed by atoms with van der Waals surface area (Å²) in [5.41, 5.74) is 8.68. The van der Waals surface area contributed by atoms with Crippen LogP contribution in [0.3, 0.4) is 0 Å². The Labute approximate surface area is 138 Å². The molecule has 0 amide bonds. The van der Waals surface area contributed by atoms with E-state index in [0.29, 0.717) is 0 Å². The van der Waals surface area contributed by atoms with Gasteiger partial charge in [-0.1, -0.05) is 32.0 Å². The molecular formula is C20H25N3. The van der Waals surface area contributed by atoms with E-state index in [-0.39, 0.29) is 0 Å². The van der Waals surface area contributed by atoms with Gasteiger partial charge in [-0.05, 0) is 55.5 Å². The summed E-state index contributed by atoms with van der Waals surface area (Å²) in [5.74, 6) is 0. The lowest BCUT2D eigenvalue weighted by Crippen LogP contribution is -2.07. The highest BCUT2D eigenvalue weighted by molar-refractivity contribution is 5.68. The number of nitrogens with one attached hydrogen (secondary N) is 1. The van der Waals surface area contributed by atoms with Gasteiger partial charge in [-0.2, -0.15) is 0 Å². The molecule has 0 atom stereocenters. The molecule has 0 radical (unpaired) electrons. The number of fused-ring (bicyclic) bond motifs is 1. The summed E-state index contributed by atoms with van der Waals surface area (Å²) in [7, 11) is 0. The van der Waals surface area contributed by atoms with Gasteiger partial charge in [-0.25, -0.2) is 4.98 Å². The molecule has 0 aliphatic heterocycles. The zero-order chi connectivity index (χ0) is 16.4. The second kappa shape index (κ2) is 6.45. The summed E-state index contributed by atoms with van der Waals surface area (Å²) < 4.78 is 2.16. The van der Waals surface area contributed by atoms with E-state index in [2.05, 4.69) is 73.9 Å². The third kappa shape index (κ3) is 2.83. The number of aromatic nitrogens is 2. The van der Waals surface area contributed by atoms with Gasteiger partial charge in [0.1, 0.15) is 0 Å². The Morgan fingerprint density at radius 1 is 1.00 bits per heavy atom. The van der Waals surface area contributed by atoms with Gasteiger partial charge in [0.05, 0.1) is 11.4 Å². The van der Waals surface area contributed by atoms with E-state index in [1.54, 1.807) is 0 Å². The molecule has 0 bridgehead atoms. The molecule has 23 heavy (non-hydrogen) atoms. The number of imidazole rings is 1. The first-order valence-corrected chi connectivity index (χ1v) is 8.43. The number of hydrogen-bond donors (Lipinski definition) is 1. The predicted octanol–water partition coefficient (Wildman–Crippen LogP) is 4.69. The first kappa shape index (κ1) is 15.6. The SMILES string of the molecule is CCc1cccc(CC)c1CNc1cccn2c(C)c(C)nc12. The summed E-state index contributed by atoms with van der Waals surface area (Å²) in [6, 6.07) is 10.8. The quantitative estimate of drug-likeness (QED) is 0.741. The first-order chi connectivity index (χ1) is 11.2. The molecule has 0 aliphatic carbocycles. The van der Waals surface area contributed by atoms with Gasteiger partial charge in [0.25, 0.3) is 0 Å². The van der Waals surface area contributed by atoms with Crippen LogP contribution in [0.2, 0.25) is 0 Å². The average molecular weight is 307 g/mol. The van der Waals surface area contributed by atoms with Crippen molar-refractivity contribution in [2.45, 2.75) is 47.1 Å².